The molecular weight excluding hydrogens is 385 g/mol. The molecule has 9 heteroatoms. The van der Waals surface area contributed by atoms with Gasteiger partial charge in [0, 0.05) is 13.1 Å². The summed E-state index contributed by atoms with van der Waals surface area (Å²) in [6.07, 6.45) is 0. The molecule has 0 atom stereocenters. The second kappa shape index (κ2) is 8.14. The van der Waals surface area contributed by atoms with Gasteiger partial charge in [-0.15, -0.1) is 0 Å². The maximum atomic E-state index is 12.3. The number of pyridine rings is 1. The number of aromatic nitrogens is 1. The molecular formula is C16H17Cl2N3O3S. The van der Waals surface area contributed by atoms with Crippen molar-refractivity contribution in [1.82, 2.24) is 15.0 Å². The Morgan fingerprint density at radius 2 is 1.84 bits per heavy atom. The maximum absolute atomic E-state index is 12.3. The van der Waals surface area contributed by atoms with E-state index < -0.39 is 15.9 Å². The zero-order valence-corrected chi connectivity index (χ0v) is 16.0. The van der Waals surface area contributed by atoms with Crippen LogP contribution in [0.15, 0.2) is 35.2 Å². The van der Waals surface area contributed by atoms with Gasteiger partial charge in [0.15, 0.2) is 0 Å². The minimum Gasteiger partial charge on any atom is -0.351 e. The molecule has 2 rings (SSSR count). The summed E-state index contributed by atoms with van der Waals surface area (Å²) in [4.78, 5) is 16.0. The fourth-order valence-electron chi connectivity index (χ4n) is 2.11. The molecule has 134 valence electrons. The highest BCUT2D eigenvalue weighted by atomic mass is 35.5. The smallest absolute Gasteiger partial charge is 0.254 e. The van der Waals surface area contributed by atoms with E-state index in [1.165, 1.54) is 12.1 Å². The van der Waals surface area contributed by atoms with Gasteiger partial charge in [0.25, 0.3) is 5.91 Å². The van der Waals surface area contributed by atoms with Gasteiger partial charge >= 0.3 is 0 Å². The fourth-order valence-corrected chi connectivity index (χ4v) is 3.90. The number of hydrogen-bond acceptors (Lipinski definition) is 4. The molecule has 1 amide bonds. The summed E-state index contributed by atoms with van der Waals surface area (Å²) in [7, 11) is -3.65. The Balaban J connectivity index is 1.94. The Morgan fingerprint density at radius 3 is 2.52 bits per heavy atom. The van der Waals surface area contributed by atoms with Gasteiger partial charge in [0.1, 0.15) is 10.3 Å². The number of amides is 1. The summed E-state index contributed by atoms with van der Waals surface area (Å²) in [5.74, 6) is -0.458. The predicted molar refractivity (Wildman–Crippen MR) is 97.7 cm³/mol. The summed E-state index contributed by atoms with van der Waals surface area (Å²) in [5.41, 5.74) is 1.67. The maximum Gasteiger partial charge on any atom is 0.254 e. The van der Waals surface area contributed by atoms with Crippen LogP contribution < -0.4 is 10.0 Å². The van der Waals surface area contributed by atoms with Crippen LogP contribution in [0.1, 0.15) is 21.5 Å². The minimum atomic E-state index is -3.65. The molecule has 1 aromatic heterocycles. The fraction of sp³-hybridized carbons (Fsp3) is 0.250. The van der Waals surface area contributed by atoms with Crippen molar-refractivity contribution in [1.29, 1.82) is 0 Å². The summed E-state index contributed by atoms with van der Waals surface area (Å²) >= 11 is 11.5. The van der Waals surface area contributed by atoms with E-state index >= 15 is 0 Å². The topological polar surface area (TPSA) is 88.2 Å². The monoisotopic (exact) mass is 401 g/mol. The normalized spacial score (nSPS) is 11.4. The second-order valence-electron chi connectivity index (χ2n) is 5.39. The molecule has 0 spiro atoms. The zero-order valence-electron chi connectivity index (χ0n) is 13.6. The van der Waals surface area contributed by atoms with Gasteiger partial charge in [-0.2, -0.15) is 0 Å². The van der Waals surface area contributed by atoms with Crippen LogP contribution in [-0.2, 0) is 10.0 Å². The molecule has 0 fully saturated rings. The molecule has 1 aromatic carbocycles. The largest absolute Gasteiger partial charge is 0.351 e. The highest BCUT2D eigenvalue weighted by molar-refractivity contribution is 7.89. The molecule has 0 saturated carbocycles. The molecule has 1 heterocycles. The highest BCUT2D eigenvalue weighted by Gasteiger charge is 2.17. The van der Waals surface area contributed by atoms with Crippen LogP contribution in [-0.4, -0.2) is 32.4 Å². The van der Waals surface area contributed by atoms with E-state index in [9.17, 15) is 13.2 Å². The molecule has 0 aliphatic carbocycles. The SMILES string of the molecule is Cc1ccc(C)c(S(=O)(=O)NCCNC(=O)c2ccc(Cl)nc2Cl)c1. The van der Waals surface area contributed by atoms with E-state index in [1.54, 1.807) is 19.1 Å². The van der Waals surface area contributed by atoms with Gasteiger partial charge in [-0.1, -0.05) is 35.3 Å². The first-order valence-corrected chi connectivity index (χ1v) is 9.62. The zero-order chi connectivity index (χ0) is 18.6. The third kappa shape index (κ3) is 5.15. The molecule has 0 aliphatic rings. The third-order valence-corrected chi connectivity index (χ3v) is 5.50. The molecule has 2 N–H and O–H groups in total. The van der Waals surface area contributed by atoms with Gasteiger partial charge in [0.2, 0.25) is 10.0 Å². The van der Waals surface area contributed by atoms with Crippen LogP contribution in [0.3, 0.4) is 0 Å². The number of aryl methyl sites for hydroxylation is 2. The van der Waals surface area contributed by atoms with E-state index in [2.05, 4.69) is 15.0 Å². The number of hydrogen-bond donors (Lipinski definition) is 2. The lowest BCUT2D eigenvalue weighted by molar-refractivity contribution is 0.0954. The number of benzene rings is 1. The van der Waals surface area contributed by atoms with Gasteiger partial charge < -0.3 is 5.32 Å². The molecule has 0 aliphatic heterocycles. The van der Waals surface area contributed by atoms with Crippen molar-refractivity contribution in [3.05, 3.63) is 57.3 Å². The number of halogens is 2. The van der Waals surface area contributed by atoms with Crippen LogP contribution >= 0.6 is 23.2 Å². The van der Waals surface area contributed by atoms with Gasteiger partial charge in [-0.25, -0.2) is 18.1 Å². The third-order valence-electron chi connectivity index (χ3n) is 3.40. The van der Waals surface area contributed by atoms with Crippen molar-refractivity contribution in [3.8, 4) is 0 Å². The van der Waals surface area contributed by atoms with E-state index in [0.717, 1.165) is 5.56 Å². The number of carbonyl (C=O) groups is 1. The van der Waals surface area contributed by atoms with Crippen molar-refractivity contribution >= 4 is 39.1 Å². The Morgan fingerprint density at radius 1 is 1.12 bits per heavy atom. The van der Waals surface area contributed by atoms with Crippen molar-refractivity contribution in [3.63, 3.8) is 0 Å². The van der Waals surface area contributed by atoms with Crippen LogP contribution in [0.2, 0.25) is 10.3 Å². The quantitative estimate of drug-likeness (QED) is 0.575. The van der Waals surface area contributed by atoms with Gasteiger partial charge in [-0.3, -0.25) is 4.79 Å². The van der Waals surface area contributed by atoms with Crippen LogP contribution in [0.5, 0.6) is 0 Å². The molecule has 0 radical (unpaired) electrons. The predicted octanol–water partition coefficient (Wildman–Crippen LogP) is 2.71. The summed E-state index contributed by atoms with van der Waals surface area (Å²) < 4.78 is 27.1. The molecule has 0 saturated heterocycles. The lowest BCUT2D eigenvalue weighted by Gasteiger charge is -2.11. The van der Waals surface area contributed by atoms with Crippen molar-refractivity contribution in [2.45, 2.75) is 18.7 Å². The van der Waals surface area contributed by atoms with E-state index in [4.69, 9.17) is 23.2 Å². The van der Waals surface area contributed by atoms with Gasteiger partial charge in [0.05, 0.1) is 10.5 Å². The Kier molecular flexibility index (Phi) is 6.40. The molecule has 25 heavy (non-hydrogen) atoms. The second-order valence-corrected chi connectivity index (χ2v) is 7.88. The summed E-state index contributed by atoms with van der Waals surface area (Å²) in [6.45, 7) is 3.69. The van der Waals surface area contributed by atoms with Gasteiger partial charge in [-0.05, 0) is 43.2 Å². The lowest BCUT2D eigenvalue weighted by Crippen LogP contribution is -2.35. The van der Waals surface area contributed by atoms with E-state index in [1.807, 2.05) is 13.0 Å². The number of rotatable bonds is 6. The Labute approximate surface area is 156 Å². The molecule has 6 nitrogen and oxygen atoms in total. The summed E-state index contributed by atoms with van der Waals surface area (Å²) in [6, 6.07) is 8.11. The summed E-state index contributed by atoms with van der Waals surface area (Å²) in [5, 5.41) is 2.75. The average molecular weight is 402 g/mol. The van der Waals surface area contributed by atoms with Crippen molar-refractivity contribution < 1.29 is 13.2 Å². The first kappa shape index (κ1) is 19.7. The highest BCUT2D eigenvalue weighted by Crippen LogP contribution is 2.17. The van der Waals surface area contributed by atoms with Crippen molar-refractivity contribution in [2.75, 3.05) is 13.1 Å². The minimum absolute atomic E-state index is 0.0130. The van der Waals surface area contributed by atoms with Crippen LogP contribution in [0, 0.1) is 13.8 Å². The average Bonchev–Trinajstić information content (AvgIpc) is 2.53. The van der Waals surface area contributed by atoms with E-state index in [-0.39, 0.29) is 33.9 Å². The lowest BCUT2D eigenvalue weighted by atomic mass is 10.2. The standard InChI is InChI=1S/C16H17Cl2N3O3S/c1-10-3-4-11(2)13(9-10)25(23,24)20-8-7-19-16(22)12-5-6-14(17)21-15(12)18/h3-6,9,20H,7-8H2,1-2H3,(H,19,22). The van der Waals surface area contributed by atoms with Crippen LogP contribution in [0.4, 0.5) is 0 Å². The Hall–Kier alpha value is -1.67. The number of carbonyl (C=O) groups excluding carboxylic acids is 1. The van der Waals surface area contributed by atoms with E-state index in [0.29, 0.717) is 5.56 Å². The number of sulfonamides is 1. The van der Waals surface area contributed by atoms with Crippen molar-refractivity contribution in [2.24, 2.45) is 0 Å². The van der Waals surface area contributed by atoms with Crippen LogP contribution in [0.25, 0.3) is 0 Å². The number of nitrogens with one attached hydrogen (secondary N) is 2. The number of nitrogens with zero attached hydrogens (tertiary/aromatic N) is 1. The molecule has 0 unspecified atom stereocenters. The first-order chi connectivity index (χ1) is 11.7. The first-order valence-electron chi connectivity index (χ1n) is 7.38. The molecule has 0 bridgehead atoms. The Bertz CT molecular complexity index is 901. The molecule has 2 aromatic rings.